The van der Waals surface area contributed by atoms with E-state index in [1.54, 1.807) is 0 Å². The van der Waals surface area contributed by atoms with Gasteiger partial charge in [0.1, 0.15) is 0 Å². The van der Waals surface area contributed by atoms with Crippen LogP contribution < -0.4 is 5.32 Å². The number of nitrogens with zero attached hydrogens (tertiary/aromatic N) is 2. The largest absolute Gasteiger partial charge is 0.311 e. The number of aromatic nitrogens is 2. The van der Waals surface area contributed by atoms with Gasteiger partial charge < -0.3 is 5.32 Å². The van der Waals surface area contributed by atoms with Crippen molar-refractivity contribution in [2.24, 2.45) is 0 Å². The van der Waals surface area contributed by atoms with E-state index >= 15 is 0 Å². The summed E-state index contributed by atoms with van der Waals surface area (Å²) in [5, 5.41) is 8.58. The molecule has 0 aromatic carbocycles. The third-order valence-electron chi connectivity index (χ3n) is 3.03. The average molecular weight is 271 g/mol. The van der Waals surface area contributed by atoms with E-state index < -0.39 is 0 Å². The van der Waals surface area contributed by atoms with Crippen molar-refractivity contribution in [3.8, 4) is 0 Å². The first kappa shape index (κ1) is 13.3. The average Bonchev–Trinajstić information content (AvgIpc) is 2.81. The predicted molar refractivity (Wildman–Crippen MR) is 77.9 cm³/mol. The fraction of sp³-hybridized carbons (Fsp3) is 0.750. The van der Waals surface area contributed by atoms with Gasteiger partial charge in [-0.3, -0.25) is 4.68 Å². The number of hydrogen-bond donors (Lipinski definition) is 1. The molecular formula is C12H21N3S2. The highest BCUT2D eigenvalue weighted by Gasteiger charge is 2.26. The second-order valence-corrected chi connectivity index (χ2v) is 6.73. The van der Waals surface area contributed by atoms with Crippen LogP contribution in [0.25, 0.3) is 0 Å². The molecule has 1 aliphatic rings. The van der Waals surface area contributed by atoms with Crippen molar-refractivity contribution in [2.45, 2.75) is 31.2 Å². The van der Waals surface area contributed by atoms with E-state index in [0.29, 0.717) is 11.3 Å². The van der Waals surface area contributed by atoms with Crippen LogP contribution in [0.4, 0.5) is 0 Å². The molecule has 1 fully saturated rings. The van der Waals surface area contributed by atoms with Crippen LogP contribution in [0, 0.1) is 0 Å². The smallest absolute Gasteiger partial charge is 0.0618 e. The van der Waals surface area contributed by atoms with E-state index in [4.69, 9.17) is 0 Å². The molecule has 0 spiro atoms. The van der Waals surface area contributed by atoms with Crippen molar-refractivity contribution in [1.29, 1.82) is 0 Å². The van der Waals surface area contributed by atoms with Gasteiger partial charge in [-0.05, 0) is 19.5 Å². The number of thioether (sulfide) groups is 2. The van der Waals surface area contributed by atoms with Crippen molar-refractivity contribution < 1.29 is 0 Å². The lowest BCUT2D eigenvalue weighted by molar-refractivity contribution is 0.497. The molecular weight excluding hydrogens is 250 g/mol. The predicted octanol–water partition coefficient (Wildman–Crippen LogP) is 2.40. The third kappa shape index (κ3) is 3.20. The standard InChI is InChI=1S/C12H21N3S2/c1-3-6-15-10(4-5-14-15)12(13-2)11-9-16-7-8-17-11/h4-5,11-13H,3,6-9H2,1-2H3. The summed E-state index contributed by atoms with van der Waals surface area (Å²) < 4.78 is 2.15. The third-order valence-corrected chi connectivity index (χ3v) is 5.89. The summed E-state index contributed by atoms with van der Waals surface area (Å²) in [5.41, 5.74) is 1.34. The summed E-state index contributed by atoms with van der Waals surface area (Å²) in [5.74, 6) is 3.81. The van der Waals surface area contributed by atoms with Crippen LogP contribution in [0.3, 0.4) is 0 Å². The van der Waals surface area contributed by atoms with Gasteiger partial charge in [-0.2, -0.15) is 28.6 Å². The zero-order valence-corrected chi connectivity index (χ0v) is 12.2. The van der Waals surface area contributed by atoms with Crippen molar-refractivity contribution >= 4 is 23.5 Å². The molecule has 1 aromatic heterocycles. The minimum atomic E-state index is 0.432. The van der Waals surface area contributed by atoms with Crippen LogP contribution >= 0.6 is 23.5 Å². The van der Waals surface area contributed by atoms with Gasteiger partial charge in [-0.15, -0.1) is 0 Å². The first-order valence-electron chi connectivity index (χ1n) is 6.25. The maximum Gasteiger partial charge on any atom is 0.0618 e. The monoisotopic (exact) mass is 271 g/mol. The quantitative estimate of drug-likeness (QED) is 0.890. The Morgan fingerprint density at radius 2 is 2.47 bits per heavy atom. The Morgan fingerprint density at radius 3 is 3.12 bits per heavy atom. The van der Waals surface area contributed by atoms with Gasteiger partial charge in [0.05, 0.1) is 11.7 Å². The van der Waals surface area contributed by atoms with Gasteiger partial charge in [-0.25, -0.2) is 0 Å². The summed E-state index contributed by atoms with van der Waals surface area (Å²) in [6, 6.07) is 2.60. The zero-order chi connectivity index (χ0) is 12.1. The SMILES string of the molecule is CCCn1nccc1C(NC)C1CSCCS1. The van der Waals surface area contributed by atoms with Crippen molar-refractivity contribution in [1.82, 2.24) is 15.1 Å². The Morgan fingerprint density at radius 1 is 1.59 bits per heavy atom. The Balaban J connectivity index is 2.12. The molecule has 5 heteroatoms. The molecule has 0 amide bonds. The molecule has 1 N–H and O–H groups in total. The van der Waals surface area contributed by atoms with Crippen LogP contribution in [0.15, 0.2) is 12.3 Å². The fourth-order valence-corrected chi connectivity index (χ4v) is 5.12. The lowest BCUT2D eigenvalue weighted by atomic mass is 10.1. The van der Waals surface area contributed by atoms with Crippen molar-refractivity contribution in [3.05, 3.63) is 18.0 Å². The molecule has 2 heterocycles. The molecule has 2 atom stereocenters. The van der Waals surface area contributed by atoms with E-state index in [1.165, 1.54) is 23.0 Å². The van der Waals surface area contributed by atoms with E-state index in [0.717, 1.165) is 13.0 Å². The zero-order valence-electron chi connectivity index (χ0n) is 10.6. The van der Waals surface area contributed by atoms with E-state index in [9.17, 15) is 0 Å². The Hall–Kier alpha value is -0.130. The summed E-state index contributed by atoms with van der Waals surface area (Å²) in [6.45, 7) is 3.22. The molecule has 96 valence electrons. The topological polar surface area (TPSA) is 29.9 Å². The maximum absolute atomic E-state index is 4.43. The number of nitrogens with one attached hydrogen (secondary N) is 1. The first-order valence-corrected chi connectivity index (χ1v) is 8.45. The van der Waals surface area contributed by atoms with Crippen LogP contribution in [-0.4, -0.2) is 39.3 Å². The Bertz CT molecular complexity index is 334. The second kappa shape index (κ2) is 6.71. The molecule has 2 unspecified atom stereocenters. The summed E-state index contributed by atoms with van der Waals surface area (Å²) in [7, 11) is 2.06. The van der Waals surface area contributed by atoms with Gasteiger partial charge >= 0.3 is 0 Å². The fourth-order valence-electron chi connectivity index (χ4n) is 2.23. The molecule has 3 nitrogen and oxygen atoms in total. The summed E-state index contributed by atoms with van der Waals surface area (Å²) in [4.78, 5) is 0. The van der Waals surface area contributed by atoms with E-state index in [1.807, 2.05) is 6.20 Å². The highest BCUT2D eigenvalue weighted by molar-refractivity contribution is 8.06. The lowest BCUT2D eigenvalue weighted by Gasteiger charge is -2.29. The molecule has 0 bridgehead atoms. The first-order chi connectivity index (χ1) is 8.36. The Kier molecular flexibility index (Phi) is 5.25. The number of rotatable bonds is 5. The minimum Gasteiger partial charge on any atom is -0.311 e. The van der Waals surface area contributed by atoms with Crippen molar-refractivity contribution in [2.75, 3.05) is 24.3 Å². The molecule has 0 saturated carbocycles. The minimum absolute atomic E-state index is 0.432. The van der Waals surface area contributed by atoms with E-state index in [-0.39, 0.29) is 0 Å². The molecule has 0 radical (unpaired) electrons. The highest BCUT2D eigenvalue weighted by Crippen LogP contribution is 2.33. The van der Waals surface area contributed by atoms with Crippen LogP contribution in [-0.2, 0) is 6.54 Å². The van der Waals surface area contributed by atoms with E-state index in [2.05, 4.69) is 58.7 Å². The van der Waals surface area contributed by atoms with Gasteiger partial charge in [-0.1, -0.05) is 6.92 Å². The number of hydrogen-bond acceptors (Lipinski definition) is 4. The normalized spacial score (nSPS) is 22.6. The molecule has 17 heavy (non-hydrogen) atoms. The molecule has 2 rings (SSSR count). The van der Waals surface area contributed by atoms with Gasteiger partial charge in [0.25, 0.3) is 0 Å². The van der Waals surface area contributed by atoms with Gasteiger partial charge in [0, 0.05) is 35.3 Å². The van der Waals surface area contributed by atoms with Crippen LogP contribution in [0.1, 0.15) is 25.1 Å². The molecule has 1 aliphatic heterocycles. The molecule has 0 aliphatic carbocycles. The maximum atomic E-state index is 4.43. The lowest BCUT2D eigenvalue weighted by Crippen LogP contribution is -2.33. The molecule has 1 aromatic rings. The summed E-state index contributed by atoms with van der Waals surface area (Å²) in [6.07, 6.45) is 3.06. The Labute approximate surface area is 112 Å². The van der Waals surface area contributed by atoms with Crippen LogP contribution in [0.5, 0.6) is 0 Å². The van der Waals surface area contributed by atoms with Crippen molar-refractivity contribution in [3.63, 3.8) is 0 Å². The highest BCUT2D eigenvalue weighted by atomic mass is 32.2. The van der Waals surface area contributed by atoms with Gasteiger partial charge in [0.2, 0.25) is 0 Å². The molecule has 1 saturated heterocycles. The summed E-state index contributed by atoms with van der Waals surface area (Å²) >= 11 is 4.17. The second-order valence-electron chi connectivity index (χ2n) is 4.23. The van der Waals surface area contributed by atoms with Crippen LogP contribution in [0.2, 0.25) is 0 Å². The number of aryl methyl sites for hydroxylation is 1. The van der Waals surface area contributed by atoms with Gasteiger partial charge in [0.15, 0.2) is 0 Å².